The molecule has 0 radical (unpaired) electrons. The molecule has 0 unspecified atom stereocenters. The van der Waals surface area contributed by atoms with Crippen LogP contribution in [0, 0.1) is 0 Å². The first-order chi connectivity index (χ1) is 19.5. The molecular weight excluding hydrogens is 546 g/mol. The van der Waals surface area contributed by atoms with Crippen molar-refractivity contribution >= 4 is 51.8 Å². The van der Waals surface area contributed by atoms with Gasteiger partial charge >= 0.3 is 5.97 Å². The standard InChI is InChI=1S/C28H35N7O5S/c1-28(2,3)20-17-41-27(30-20)32-25(39)18-9-11-35-21(16-18)31-24(19(26(35)40)7-8-23(37)38)34-14-12-33(13-15-34)22(36)6-4-5-10-29/h7-9,11,16-17H,4-6,10,12-15,29H2,1-3H3,(H,37,38)(H,30,32,39)/b8-7+. The van der Waals surface area contributed by atoms with Crippen molar-refractivity contribution in [2.75, 3.05) is 42.9 Å². The number of aromatic nitrogens is 3. The van der Waals surface area contributed by atoms with Crippen molar-refractivity contribution < 1.29 is 19.5 Å². The van der Waals surface area contributed by atoms with Gasteiger partial charge in [0.2, 0.25) is 5.91 Å². The van der Waals surface area contributed by atoms with Crippen molar-refractivity contribution in [3.8, 4) is 0 Å². The maximum atomic E-state index is 13.5. The summed E-state index contributed by atoms with van der Waals surface area (Å²) in [5, 5.41) is 14.4. The normalized spacial score (nSPS) is 14.1. The van der Waals surface area contributed by atoms with E-state index in [0.29, 0.717) is 50.1 Å². The quantitative estimate of drug-likeness (QED) is 0.255. The Morgan fingerprint density at radius 2 is 1.88 bits per heavy atom. The summed E-state index contributed by atoms with van der Waals surface area (Å²) >= 11 is 1.33. The van der Waals surface area contributed by atoms with E-state index in [0.717, 1.165) is 24.6 Å². The topological polar surface area (TPSA) is 163 Å². The van der Waals surface area contributed by atoms with Crippen LogP contribution in [0.1, 0.15) is 61.6 Å². The molecule has 13 heteroatoms. The highest BCUT2D eigenvalue weighted by atomic mass is 32.1. The average Bonchev–Trinajstić information content (AvgIpc) is 3.41. The summed E-state index contributed by atoms with van der Waals surface area (Å²) in [7, 11) is 0. The Balaban J connectivity index is 1.62. The van der Waals surface area contributed by atoms with Crippen LogP contribution in [0.25, 0.3) is 11.7 Å². The molecule has 0 spiro atoms. The van der Waals surface area contributed by atoms with E-state index in [1.54, 1.807) is 4.90 Å². The molecule has 2 amide bonds. The molecule has 41 heavy (non-hydrogen) atoms. The third-order valence-electron chi connectivity index (χ3n) is 6.77. The number of thiazole rings is 1. The van der Waals surface area contributed by atoms with Crippen LogP contribution in [0.4, 0.5) is 10.9 Å². The van der Waals surface area contributed by atoms with Gasteiger partial charge in [-0.25, -0.2) is 14.8 Å². The predicted molar refractivity (Wildman–Crippen MR) is 159 cm³/mol. The largest absolute Gasteiger partial charge is 0.478 e. The van der Waals surface area contributed by atoms with Gasteiger partial charge in [0.25, 0.3) is 11.5 Å². The van der Waals surface area contributed by atoms with E-state index in [-0.39, 0.29) is 28.1 Å². The zero-order valence-electron chi connectivity index (χ0n) is 23.4. The van der Waals surface area contributed by atoms with E-state index in [4.69, 9.17) is 5.73 Å². The van der Waals surface area contributed by atoms with Crippen LogP contribution < -0.4 is 21.5 Å². The summed E-state index contributed by atoms with van der Waals surface area (Å²) in [6, 6.07) is 3.02. The third-order valence-corrected chi connectivity index (χ3v) is 7.53. The summed E-state index contributed by atoms with van der Waals surface area (Å²) in [5.41, 5.74) is 6.41. The van der Waals surface area contributed by atoms with Gasteiger partial charge in [0.15, 0.2) is 5.13 Å². The van der Waals surface area contributed by atoms with Crippen molar-refractivity contribution in [1.82, 2.24) is 19.3 Å². The molecule has 1 saturated heterocycles. The van der Waals surface area contributed by atoms with Gasteiger partial charge in [-0.3, -0.25) is 24.1 Å². The Hall–Kier alpha value is -4.10. The number of aliphatic carboxylic acids is 1. The first-order valence-electron chi connectivity index (χ1n) is 13.5. The number of hydrogen-bond donors (Lipinski definition) is 3. The lowest BCUT2D eigenvalue weighted by molar-refractivity contribution is -0.132. The second-order valence-corrected chi connectivity index (χ2v) is 11.7. The van der Waals surface area contributed by atoms with Gasteiger partial charge in [0, 0.05) is 61.2 Å². The lowest BCUT2D eigenvalue weighted by Gasteiger charge is -2.36. The van der Waals surface area contributed by atoms with Gasteiger partial charge in [-0.05, 0) is 37.6 Å². The van der Waals surface area contributed by atoms with Crippen molar-refractivity contribution in [1.29, 1.82) is 0 Å². The second-order valence-electron chi connectivity index (χ2n) is 10.8. The molecule has 1 aliphatic rings. The number of fused-ring (bicyclic) bond motifs is 1. The summed E-state index contributed by atoms with van der Waals surface area (Å²) in [5.74, 6) is -1.23. The van der Waals surface area contributed by atoms with Crippen molar-refractivity contribution in [2.45, 2.75) is 45.4 Å². The summed E-state index contributed by atoms with van der Waals surface area (Å²) in [6.45, 7) is 8.38. The fraction of sp³-hybridized carbons (Fsp3) is 0.429. The van der Waals surface area contributed by atoms with E-state index >= 15 is 0 Å². The molecule has 0 aromatic carbocycles. The predicted octanol–water partition coefficient (Wildman–Crippen LogP) is 2.58. The van der Waals surface area contributed by atoms with Crippen LogP contribution in [0.15, 0.2) is 34.6 Å². The van der Waals surface area contributed by atoms with Crippen LogP contribution in [-0.2, 0) is 15.0 Å². The molecule has 0 aliphatic carbocycles. The first-order valence-corrected chi connectivity index (χ1v) is 14.3. The molecule has 4 N–H and O–H groups in total. The number of amides is 2. The molecular formula is C28H35N7O5S. The Bertz CT molecular complexity index is 1530. The van der Waals surface area contributed by atoms with Gasteiger partial charge in [0.05, 0.1) is 11.3 Å². The number of rotatable bonds is 9. The maximum absolute atomic E-state index is 13.5. The first kappa shape index (κ1) is 29.9. The molecule has 0 atom stereocenters. The minimum absolute atomic E-state index is 0.0566. The van der Waals surface area contributed by atoms with Gasteiger partial charge in [0.1, 0.15) is 11.5 Å². The van der Waals surface area contributed by atoms with Crippen LogP contribution in [-0.4, -0.2) is 74.9 Å². The van der Waals surface area contributed by atoms with E-state index in [1.807, 2.05) is 31.1 Å². The number of nitrogens with one attached hydrogen (secondary N) is 1. The molecule has 3 aromatic heterocycles. The number of nitrogens with two attached hydrogens (primary N) is 1. The SMILES string of the molecule is CC(C)(C)c1csc(NC(=O)c2ccn3c(=O)c(/C=C/C(=O)O)c(N4CCN(C(=O)CCCCN)CC4)nc3c2)n1. The highest BCUT2D eigenvalue weighted by Gasteiger charge is 2.25. The number of hydrogen-bond acceptors (Lipinski definition) is 9. The Morgan fingerprint density at radius 3 is 2.51 bits per heavy atom. The third kappa shape index (κ3) is 7.16. The number of carboxylic acid groups (broad SMARTS) is 1. The lowest BCUT2D eigenvalue weighted by Crippen LogP contribution is -2.49. The smallest absolute Gasteiger partial charge is 0.328 e. The molecule has 4 rings (SSSR count). The van der Waals surface area contributed by atoms with Gasteiger partial charge < -0.3 is 20.6 Å². The van der Waals surface area contributed by atoms with Crippen LogP contribution >= 0.6 is 11.3 Å². The van der Waals surface area contributed by atoms with Crippen molar-refractivity contribution in [3.05, 3.63) is 57.0 Å². The zero-order chi connectivity index (χ0) is 29.7. The minimum Gasteiger partial charge on any atom is -0.478 e. The summed E-state index contributed by atoms with van der Waals surface area (Å²) in [6.07, 6.45) is 5.54. The molecule has 1 fully saturated rings. The van der Waals surface area contributed by atoms with E-state index in [1.165, 1.54) is 40.1 Å². The molecule has 0 bridgehead atoms. The van der Waals surface area contributed by atoms with E-state index in [2.05, 4.69) is 15.3 Å². The zero-order valence-corrected chi connectivity index (χ0v) is 24.2. The van der Waals surface area contributed by atoms with Crippen LogP contribution in [0.2, 0.25) is 0 Å². The Kier molecular flexibility index (Phi) is 9.18. The average molecular weight is 582 g/mol. The minimum atomic E-state index is -1.20. The number of nitrogens with zero attached hydrogens (tertiary/aromatic N) is 5. The number of pyridine rings is 1. The molecule has 1 aliphatic heterocycles. The van der Waals surface area contributed by atoms with Crippen molar-refractivity contribution in [3.63, 3.8) is 0 Å². The highest BCUT2D eigenvalue weighted by Crippen LogP contribution is 2.27. The fourth-order valence-electron chi connectivity index (χ4n) is 4.41. The summed E-state index contributed by atoms with van der Waals surface area (Å²) in [4.78, 5) is 63.1. The number of carbonyl (C=O) groups is 3. The Morgan fingerprint density at radius 1 is 1.15 bits per heavy atom. The number of carbonyl (C=O) groups excluding carboxylic acids is 2. The maximum Gasteiger partial charge on any atom is 0.328 e. The Labute approximate surface area is 241 Å². The number of carboxylic acids is 1. The molecule has 218 valence electrons. The highest BCUT2D eigenvalue weighted by molar-refractivity contribution is 7.14. The number of piperazine rings is 1. The molecule has 12 nitrogen and oxygen atoms in total. The fourth-order valence-corrected chi connectivity index (χ4v) is 5.35. The van der Waals surface area contributed by atoms with Gasteiger partial charge in [-0.2, -0.15) is 0 Å². The molecule has 4 heterocycles. The van der Waals surface area contributed by atoms with E-state index in [9.17, 15) is 24.3 Å². The van der Waals surface area contributed by atoms with Crippen molar-refractivity contribution in [2.24, 2.45) is 5.73 Å². The van der Waals surface area contributed by atoms with Gasteiger partial charge in [-0.1, -0.05) is 20.8 Å². The van der Waals surface area contributed by atoms with Gasteiger partial charge in [-0.15, -0.1) is 11.3 Å². The number of anilines is 2. The lowest BCUT2D eigenvalue weighted by atomic mass is 9.93. The summed E-state index contributed by atoms with van der Waals surface area (Å²) < 4.78 is 1.28. The second kappa shape index (κ2) is 12.6. The molecule has 0 saturated carbocycles. The monoisotopic (exact) mass is 581 g/mol. The number of unbranched alkanes of at least 4 members (excludes halogenated alkanes) is 1. The van der Waals surface area contributed by atoms with E-state index < -0.39 is 17.4 Å². The van der Waals surface area contributed by atoms with Crippen LogP contribution in [0.3, 0.4) is 0 Å². The molecule has 3 aromatic rings. The van der Waals surface area contributed by atoms with Crippen LogP contribution in [0.5, 0.6) is 0 Å².